The van der Waals surface area contributed by atoms with Crippen molar-refractivity contribution in [2.24, 2.45) is 0 Å². The Balaban J connectivity index is 2.04. The van der Waals surface area contributed by atoms with Crippen molar-refractivity contribution in [3.8, 4) is 17.2 Å². The molecule has 12 heteroatoms. The van der Waals surface area contributed by atoms with E-state index in [1.165, 1.54) is 25.9 Å². The number of para-hydroxylation sites is 1. The molecule has 0 fully saturated rings. The average molecular weight is 477 g/mol. The number of sulfonamides is 1. The van der Waals surface area contributed by atoms with E-state index in [1.807, 2.05) is 6.92 Å². The minimum absolute atomic E-state index is 0.0197. The summed E-state index contributed by atoms with van der Waals surface area (Å²) in [7, 11) is 0.605. The number of nitrogens with one attached hydrogen (secondary N) is 1. The Kier molecular flexibility index (Phi) is 7.49. The molecule has 11 nitrogen and oxygen atoms in total. The van der Waals surface area contributed by atoms with Gasteiger partial charge in [-0.1, -0.05) is 13.0 Å². The standard InChI is InChI=1S/C21H28N6O5S/c1-13-10-22-20(23-11-13)14(2)15(3)33(28,29)26-21-25-24-18(12-30-4)27(21)19-16(31-5)8-7-9-17(19)32-6/h7-11,14-15H,12H2,1-6H3,(H,25,26). The van der Waals surface area contributed by atoms with Gasteiger partial charge in [-0.3, -0.25) is 9.29 Å². The van der Waals surface area contributed by atoms with E-state index in [4.69, 9.17) is 14.2 Å². The van der Waals surface area contributed by atoms with Crippen LogP contribution in [-0.2, 0) is 21.4 Å². The Hall–Kier alpha value is -3.25. The second kappa shape index (κ2) is 10.1. The molecule has 2 atom stereocenters. The van der Waals surface area contributed by atoms with Crippen LogP contribution in [0.25, 0.3) is 5.69 Å². The molecule has 3 aromatic rings. The maximum Gasteiger partial charge on any atom is 0.243 e. The molecular formula is C21H28N6O5S. The summed E-state index contributed by atoms with van der Waals surface area (Å²) in [6, 6.07) is 5.22. The average Bonchev–Trinajstić information content (AvgIpc) is 3.18. The number of hydrogen-bond donors (Lipinski definition) is 1. The topological polar surface area (TPSA) is 130 Å². The molecule has 0 aliphatic rings. The van der Waals surface area contributed by atoms with Gasteiger partial charge >= 0.3 is 0 Å². The summed E-state index contributed by atoms with van der Waals surface area (Å²) < 4.78 is 46.9. The van der Waals surface area contributed by atoms with Crippen molar-refractivity contribution in [2.45, 2.75) is 38.5 Å². The number of anilines is 1. The first-order valence-corrected chi connectivity index (χ1v) is 11.7. The number of rotatable bonds is 10. The Bertz CT molecular complexity index is 1170. The van der Waals surface area contributed by atoms with Crippen LogP contribution in [0, 0.1) is 6.92 Å². The van der Waals surface area contributed by atoms with E-state index in [-0.39, 0.29) is 12.6 Å². The zero-order valence-electron chi connectivity index (χ0n) is 19.4. The third-order valence-electron chi connectivity index (χ3n) is 5.26. The van der Waals surface area contributed by atoms with Crippen LogP contribution in [0.5, 0.6) is 11.5 Å². The quantitative estimate of drug-likeness (QED) is 0.469. The lowest BCUT2D eigenvalue weighted by Crippen LogP contribution is -2.31. The van der Waals surface area contributed by atoms with Crippen molar-refractivity contribution < 1.29 is 22.6 Å². The summed E-state index contributed by atoms with van der Waals surface area (Å²) in [5.41, 5.74) is 1.34. The first-order valence-electron chi connectivity index (χ1n) is 10.2. The SMILES string of the molecule is COCc1nnc(NS(=O)(=O)C(C)C(C)c2ncc(C)cn2)n1-c1c(OC)cccc1OC. The molecule has 0 saturated carbocycles. The van der Waals surface area contributed by atoms with Gasteiger partial charge in [0.05, 0.1) is 19.5 Å². The summed E-state index contributed by atoms with van der Waals surface area (Å²) in [5, 5.41) is 7.32. The van der Waals surface area contributed by atoms with Gasteiger partial charge in [-0.25, -0.2) is 18.4 Å². The minimum Gasteiger partial charge on any atom is -0.494 e. The Morgan fingerprint density at radius 3 is 2.18 bits per heavy atom. The second-order valence-corrected chi connectivity index (χ2v) is 9.52. The summed E-state index contributed by atoms with van der Waals surface area (Å²) in [4.78, 5) is 8.55. The number of hydrogen-bond acceptors (Lipinski definition) is 9. The van der Waals surface area contributed by atoms with Gasteiger partial charge in [-0.2, -0.15) is 0 Å². The van der Waals surface area contributed by atoms with E-state index in [0.29, 0.717) is 28.8 Å². The van der Waals surface area contributed by atoms with Gasteiger partial charge < -0.3 is 14.2 Å². The molecule has 178 valence electrons. The van der Waals surface area contributed by atoms with E-state index in [9.17, 15) is 8.42 Å². The highest BCUT2D eigenvalue weighted by molar-refractivity contribution is 7.93. The van der Waals surface area contributed by atoms with Crippen LogP contribution < -0.4 is 14.2 Å². The largest absolute Gasteiger partial charge is 0.494 e. The lowest BCUT2D eigenvalue weighted by molar-refractivity contribution is 0.176. The van der Waals surface area contributed by atoms with Crippen molar-refractivity contribution in [3.63, 3.8) is 0 Å². The maximum atomic E-state index is 13.3. The molecule has 33 heavy (non-hydrogen) atoms. The zero-order valence-corrected chi connectivity index (χ0v) is 20.3. The highest BCUT2D eigenvalue weighted by Crippen LogP contribution is 2.35. The molecule has 2 unspecified atom stereocenters. The van der Waals surface area contributed by atoms with Crippen LogP contribution in [0.15, 0.2) is 30.6 Å². The lowest BCUT2D eigenvalue weighted by Gasteiger charge is -2.21. The summed E-state index contributed by atoms with van der Waals surface area (Å²) in [5.74, 6) is 1.20. The van der Waals surface area contributed by atoms with Gasteiger partial charge in [0, 0.05) is 25.4 Å². The molecular weight excluding hydrogens is 448 g/mol. The number of benzene rings is 1. The van der Waals surface area contributed by atoms with Crippen LogP contribution in [-0.4, -0.2) is 59.7 Å². The number of nitrogens with zero attached hydrogens (tertiary/aromatic N) is 5. The molecule has 1 aromatic carbocycles. The Morgan fingerprint density at radius 1 is 1.03 bits per heavy atom. The first kappa shape index (κ1) is 24.4. The van der Waals surface area contributed by atoms with E-state index in [1.54, 1.807) is 44.4 Å². The van der Waals surface area contributed by atoms with Crippen LogP contribution in [0.1, 0.15) is 37.0 Å². The third kappa shape index (κ3) is 5.06. The van der Waals surface area contributed by atoms with E-state index in [0.717, 1.165) is 5.56 Å². The lowest BCUT2D eigenvalue weighted by atomic mass is 10.1. The van der Waals surface area contributed by atoms with E-state index in [2.05, 4.69) is 24.9 Å². The molecule has 2 aromatic heterocycles. The Labute approximate surface area is 193 Å². The molecule has 0 spiro atoms. The van der Waals surface area contributed by atoms with Gasteiger partial charge in [-0.05, 0) is 31.5 Å². The van der Waals surface area contributed by atoms with E-state index < -0.39 is 21.2 Å². The van der Waals surface area contributed by atoms with E-state index >= 15 is 0 Å². The maximum absolute atomic E-state index is 13.3. The molecule has 0 aliphatic heterocycles. The highest BCUT2D eigenvalue weighted by Gasteiger charge is 2.32. The summed E-state index contributed by atoms with van der Waals surface area (Å²) in [6.45, 7) is 5.31. The van der Waals surface area contributed by atoms with Crippen LogP contribution in [0.3, 0.4) is 0 Å². The molecule has 1 N–H and O–H groups in total. The number of aromatic nitrogens is 5. The van der Waals surface area contributed by atoms with Crippen molar-refractivity contribution in [2.75, 3.05) is 26.1 Å². The van der Waals surface area contributed by atoms with Crippen LogP contribution in [0.2, 0.25) is 0 Å². The van der Waals surface area contributed by atoms with Gasteiger partial charge in [0.25, 0.3) is 0 Å². The predicted octanol–water partition coefficient (Wildman–Crippen LogP) is 2.46. The fraction of sp³-hybridized carbons (Fsp3) is 0.429. The van der Waals surface area contributed by atoms with Crippen LogP contribution in [0.4, 0.5) is 5.95 Å². The molecule has 0 radical (unpaired) electrons. The molecule has 0 amide bonds. The normalized spacial score (nSPS) is 13.4. The second-order valence-electron chi connectivity index (χ2n) is 7.48. The van der Waals surface area contributed by atoms with Gasteiger partial charge in [0.2, 0.25) is 16.0 Å². The zero-order chi connectivity index (χ0) is 24.2. The van der Waals surface area contributed by atoms with Crippen molar-refractivity contribution in [1.82, 2.24) is 24.7 Å². The monoisotopic (exact) mass is 476 g/mol. The van der Waals surface area contributed by atoms with Gasteiger partial charge in [0.1, 0.15) is 29.6 Å². The molecule has 0 aliphatic carbocycles. The van der Waals surface area contributed by atoms with Gasteiger partial charge in [-0.15, -0.1) is 10.2 Å². The predicted molar refractivity (Wildman–Crippen MR) is 122 cm³/mol. The number of ether oxygens (including phenoxy) is 3. The molecule has 0 bridgehead atoms. The van der Waals surface area contributed by atoms with Crippen molar-refractivity contribution >= 4 is 16.0 Å². The fourth-order valence-electron chi connectivity index (χ4n) is 3.23. The minimum atomic E-state index is -3.92. The molecule has 2 heterocycles. The van der Waals surface area contributed by atoms with Crippen molar-refractivity contribution in [3.05, 3.63) is 47.8 Å². The summed E-state index contributed by atoms with van der Waals surface area (Å²) in [6.07, 6.45) is 3.32. The smallest absolute Gasteiger partial charge is 0.243 e. The van der Waals surface area contributed by atoms with Gasteiger partial charge in [0.15, 0.2) is 5.82 Å². The molecule has 0 saturated heterocycles. The van der Waals surface area contributed by atoms with Crippen molar-refractivity contribution in [1.29, 1.82) is 0 Å². The number of methoxy groups -OCH3 is 3. The Morgan fingerprint density at radius 2 is 1.64 bits per heavy atom. The molecule has 3 rings (SSSR count). The fourth-order valence-corrected chi connectivity index (χ4v) is 4.46. The summed E-state index contributed by atoms with van der Waals surface area (Å²) >= 11 is 0. The highest BCUT2D eigenvalue weighted by atomic mass is 32.2. The first-order chi connectivity index (χ1) is 15.7. The third-order valence-corrected chi connectivity index (χ3v) is 7.12. The van der Waals surface area contributed by atoms with Crippen LogP contribution >= 0.6 is 0 Å². The number of aryl methyl sites for hydroxylation is 1.